The van der Waals surface area contributed by atoms with Crippen molar-refractivity contribution in [3.63, 3.8) is 0 Å². The van der Waals surface area contributed by atoms with Crippen LogP contribution in [-0.4, -0.2) is 41.6 Å². The third-order valence-electron chi connectivity index (χ3n) is 4.50. The van der Waals surface area contributed by atoms with Crippen molar-refractivity contribution in [2.75, 3.05) is 13.1 Å². The lowest BCUT2D eigenvalue weighted by atomic mass is 10.0. The Hall–Kier alpha value is -2.08. The van der Waals surface area contributed by atoms with E-state index in [1.807, 2.05) is 62.1 Å². The minimum absolute atomic E-state index is 0.00688. The molecule has 1 saturated heterocycles. The highest BCUT2D eigenvalue weighted by atomic mass is 79.9. The van der Waals surface area contributed by atoms with Crippen molar-refractivity contribution >= 4 is 38.7 Å². The molecular formula is C21H25BrN2O3. The Bertz CT molecular complexity index is 860. The number of amides is 2. The number of piperidine rings is 1. The molecule has 0 aliphatic carbocycles. The van der Waals surface area contributed by atoms with Gasteiger partial charge in [-0.25, -0.2) is 4.79 Å². The number of nitrogens with one attached hydrogen (secondary N) is 1. The first-order chi connectivity index (χ1) is 12.7. The second-order valence-electron chi connectivity index (χ2n) is 7.91. The van der Waals surface area contributed by atoms with Crippen LogP contribution in [0, 0.1) is 0 Å². The molecule has 0 saturated carbocycles. The molecular weight excluding hydrogens is 408 g/mol. The maximum Gasteiger partial charge on any atom is 0.407 e. The SMILES string of the molecule is CC(C)(C)OC(=O)NC1CCCN(C(=O)c2ccc3c(Br)cccc3c2)C1. The van der Waals surface area contributed by atoms with Gasteiger partial charge in [-0.2, -0.15) is 0 Å². The molecule has 2 aromatic rings. The van der Waals surface area contributed by atoms with Gasteiger partial charge in [0.15, 0.2) is 0 Å². The van der Waals surface area contributed by atoms with Crippen molar-refractivity contribution in [3.8, 4) is 0 Å². The number of benzene rings is 2. The van der Waals surface area contributed by atoms with Crippen LogP contribution in [0.3, 0.4) is 0 Å². The Balaban J connectivity index is 1.69. The standard InChI is InChI=1S/C21H25BrN2O3/c1-21(2,3)27-20(26)23-16-7-5-11-24(13-16)19(25)15-9-10-17-14(12-15)6-4-8-18(17)22/h4,6,8-10,12,16H,5,7,11,13H2,1-3H3,(H,23,26). The molecule has 5 nitrogen and oxygen atoms in total. The van der Waals surface area contributed by atoms with Crippen molar-refractivity contribution in [2.45, 2.75) is 45.3 Å². The van der Waals surface area contributed by atoms with E-state index < -0.39 is 11.7 Å². The Labute approximate surface area is 168 Å². The van der Waals surface area contributed by atoms with Gasteiger partial charge in [-0.05, 0) is 62.6 Å². The van der Waals surface area contributed by atoms with Crippen molar-refractivity contribution in [1.29, 1.82) is 0 Å². The van der Waals surface area contributed by atoms with Crippen molar-refractivity contribution in [1.82, 2.24) is 10.2 Å². The van der Waals surface area contributed by atoms with Crippen molar-refractivity contribution in [3.05, 3.63) is 46.4 Å². The van der Waals surface area contributed by atoms with Crippen LogP contribution < -0.4 is 5.32 Å². The molecule has 1 aliphatic heterocycles. The van der Waals surface area contributed by atoms with Gasteiger partial charge in [0, 0.05) is 29.2 Å². The minimum Gasteiger partial charge on any atom is -0.444 e. The number of carbonyl (C=O) groups is 2. The summed E-state index contributed by atoms with van der Waals surface area (Å²) in [5.74, 6) is -0.00688. The van der Waals surface area contributed by atoms with E-state index in [9.17, 15) is 9.59 Å². The number of fused-ring (bicyclic) bond motifs is 1. The lowest BCUT2D eigenvalue weighted by molar-refractivity contribution is 0.0452. The van der Waals surface area contributed by atoms with E-state index in [0.717, 1.165) is 28.1 Å². The Kier molecular flexibility index (Phi) is 5.75. The van der Waals surface area contributed by atoms with Gasteiger partial charge < -0.3 is 15.0 Å². The normalized spacial score (nSPS) is 17.6. The molecule has 1 atom stereocenters. The van der Waals surface area contributed by atoms with Crippen LogP contribution in [0.2, 0.25) is 0 Å². The summed E-state index contributed by atoms with van der Waals surface area (Å²) in [5, 5.41) is 4.99. The summed E-state index contributed by atoms with van der Waals surface area (Å²) >= 11 is 3.54. The molecule has 1 N–H and O–H groups in total. The predicted molar refractivity (Wildman–Crippen MR) is 110 cm³/mol. The minimum atomic E-state index is -0.534. The third-order valence-corrected chi connectivity index (χ3v) is 5.20. The highest BCUT2D eigenvalue weighted by molar-refractivity contribution is 9.10. The molecule has 0 spiro atoms. The molecule has 27 heavy (non-hydrogen) atoms. The van der Waals surface area contributed by atoms with Crippen LogP contribution in [0.25, 0.3) is 10.8 Å². The van der Waals surface area contributed by atoms with Gasteiger partial charge in [0.1, 0.15) is 5.60 Å². The first kappa shape index (κ1) is 19.7. The van der Waals surface area contributed by atoms with Crippen molar-refractivity contribution in [2.24, 2.45) is 0 Å². The maximum absolute atomic E-state index is 13.0. The summed E-state index contributed by atoms with van der Waals surface area (Å²) < 4.78 is 6.33. The molecule has 2 amide bonds. The molecule has 1 unspecified atom stereocenters. The van der Waals surface area contributed by atoms with E-state index in [-0.39, 0.29) is 11.9 Å². The summed E-state index contributed by atoms with van der Waals surface area (Å²) in [6.45, 7) is 6.69. The summed E-state index contributed by atoms with van der Waals surface area (Å²) in [4.78, 5) is 26.8. The van der Waals surface area contributed by atoms with Gasteiger partial charge in [-0.1, -0.05) is 34.1 Å². The lowest BCUT2D eigenvalue weighted by Crippen LogP contribution is -2.50. The molecule has 0 radical (unpaired) electrons. The molecule has 144 valence electrons. The van der Waals surface area contributed by atoms with E-state index in [1.165, 1.54) is 0 Å². The maximum atomic E-state index is 13.0. The Morgan fingerprint density at radius 1 is 1.22 bits per heavy atom. The average Bonchev–Trinajstić information content (AvgIpc) is 2.59. The van der Waals surface area contributed by atoms with Gasteiger partial charge in [0.2, 0.25) is 0 Å². The smallest absolute Gasteiger partial charge is 0.407 e. The molecule has 1 aliphatic rings. The zero-order valence-corrected chi connectivity index (χ0v) is 17.5. The van der Waals surface area contributed by atoms with Crippen LogP contribution in [0.4, 0.5) is 4.79 Å². The van der Waals surface area contributed by atoms with Crippen molar-refractivity contribution < 1.29 is 14.3 Å². The Morgan fingerprint density at radius 3 is 2.74 bits per heavy atom. The van der Waals surface area contributed by atoms with Crippen LogP contribution >= 0.6 is 15.9 Å². The molecule has 1 heterocycles. The number of rotatable bonds is 2. The number of hydrogen-bond acceptors (Lipinski definition) is 3. The molecule has 6 heteroatoms. The number of halogens is 1. The molecule has 2 aromatic carbocycles. The fourth-order valence-electron chi connectivity index (χ4n) is 3.31. The van der Waals surface area contributed by atoms with Crippen LogP contribution in [0.15, 0.2) is 40.9 Å². The second-order valence-corrected chi connectivity index (χ2v) is 8.77. The monoisotopic (exact) mass is 432 g/mol. The van der Waals surface area contributed by atoms with E-state index in [2.05, 4.69) is 21.2 Å². The molecule has 0 aromatic heterocycles. The summed E-state index contributed by atoms with van der Waals surface area (Å²) in [7, 11) is 0. The van der Waals surface area contributed by atoms with Gasteiger partial charge >= 0.3 is 6.09 Å². The first-order valence-electron chi connectivity index (χ1n) is 9.20. The second kappa shape index (κ2) is 7.89. The highest BCUT2D eigenvalue weighted by Crippen LogP contribution is 2.25. The topological polar surface area (TPSA) is 58.6 Å². The number of likely N-dealkylation sites (tertiary alicyclic amines) is 1. The van der Waals surface area contributed by atoms with Gasteiger partial charge in [-0.3, -0.25) is 4.79 Å². The lowest BCUT2D eigenvalue weighted by Gasteiger charge is -2.33. The van der Waals surface area contributed by atoms with Gasteiger partial charge in [-0.15, -0.1) is 0 Å². The zero-order valence-electron chi connectivity index (χ0n) is 15.9. The number of nitrogens with zero attached hydrogens (tertiary/aromatic N) is 1. The number of alkyl carbamates (subject to hydrolysis) is 1. The van der Waals surface area contributed by atoms with E-state index >= 15 is 0 Å². The zero-order chi connectivity index (χ0) is 19.6. The number of ether oxygens (including phenoxy) is 1. The fourth-order valence-corrected chi connectivity index (χ4v) is 3.83. The van der Waals surface area contributed by atoms with Gasteiger partial charge in [0.05, 0.1) is 0 Å². The molecule has 0 bridgehead atoms. The largest absolute Gasteiger partial charge is 0.444 e. The summed E-state index contributed by atoms with van der Waals surface area (Å²) in [6.07, 6.45) is 1.26. The van der Waals surface area contributed by atoms with E-state index in [4.69, 9.17) is 4.74 Å². The van der Waals surface area contributed by atoms with Crippen LogP contribution in [0.5, 0.6) is 0 Å². The number of hydrogen-bond donors (Lipinski definition) is 1. The number of carbonyl (C=O) groups excluding carboxylic acids is 2. The molecule has 3 rings (SSSR count). The third kappa shape index (κ3) is 5.01. The quantitative estimate of drug-likeness (QED) is 0.745. The summed E-state index contributed by atoms with van der Waals surface area (Å²) in [5.41, 5.74) is 0.131. The van der Waals surface area contributed by atoms with Gasteiger partial charge in [0.25, 0.3) is 5.91 Å². The summed E-state index contributed by atoms with van der Waals surface area (Å²) in [6, 6.07) is 11.6. The molecule has 1 fully saturated rings. The fraction of sp³-hybridized carbons (Fsp3) is 0.429. The Morgan fingerprint density at radius 2 is 2.00 bits per heavy atom. The van der Waals surface area contributed by atoms with E-state index in [0.29, 0.717) is 18.7 Å². The van der Waals surface area contributed by atoms with Crippen LogP contribution in [0.1, 0.15) is 44.0 Å². The first-order valence-corrected chi connectivity index (χ1v) is 9.99. The van der Waals surface area contributed by atoms with E-state index in [1.54, 1.807) is 0 Å². The van der Waals surface area contributed by atoms with Crippen LogP contribution in [-0.2, 0) is 4.74 Å². The highest BCUT2D eigenvalue weighted by Gasteiger charge is 2.27. The average molecular weight is 433 g/mol. The predicted octanol–water partition coefficient (Wildman–Crippen LogP) is 4.73.